The predicted molar refractivity (Wildman–Crippen MR) is 90.3 cm³/mol. The van der Waals surface area contributed by atoms with E-state index in [2.05, 4.69) is 10.1 Å². The van der Waals surface area contributed by atoms with Crippen molar-refractivity contribution in [1.82, 2.24) is 5.32 Å². The van der Waals surface area contributed by atoms with Crippen molar-refractivity contribution in [3.05, 3.63) is 65.2 Å². The van der Waals surface area contributed by atoms with Crippen LogP contribution < -0.4 is 15.8 Å². The fourth-order valence-electron chi connectivity index (χ4n) is 3.33. The SMILES string of the molecule is NC(=O)[C@H](N[C@H]1CCCc2cc(OC(F)F)ccc21)c1ccccc1. The first kappa shape index (κ1) is 17.4. The summed E-state index contributed by atoms with van der Waals surface area (Å²) in [4.78, 5) is 11.9. The highest BCUT2D eigenvalue weighted by Gasteiger charge is 2.26. The molecule has 0 spiro atoms. The second-order valence-corrected chi connectivity index (χ2v) is 6.10. The first-order valence-electron chi connectivity index (χ1n) is 8.22. The van der Waals surface area contributed by atoms with Gasteiger partial charge in [-0.3, -0.25) is 10.1 Å². The molecule has 0 saturated carbocycles. The van der Waals surface area contributed by atoms with Gasteiger partial charge in [0.2, 0.25) is 5.91 Å². The summed E-state index contributed by atoms with van der Waals surface area (Å²) < 4.78 is 29.3. The number of rotatable bonds is 6. The maximum atomic E-state index is 12.4. The van der Waals surface area contributed by atoms with Gasteiger partial charge in [0.1, 0.15) is 11.8 Å². The van der Waals surface area contributed by atoms with E-state index in [1.807, 2.05) is 30.3 Å². The molecular formula is C19H20F2N2O2. The standard InChI is InChI=1S/C19H20F2N2O2/c20-19(21)25-14-9-10-15-13(11-14)7-4-8-16(15)23-17(18(22)24)12-5-2-1-3-6-12/h1-3,5-6,9-11,16-17,19,23H,4,7-8H2,(H2,22,24)/t16-,17+/m0/s1. The molecule has 2 aromatic carbocycles. The Labute approximate surface area is 145 Å². The summed E-state index contributed by atoms with van der Waals surface area (Å²) in [5.41, 5.74) is 8.34. The van der Waals surface area contributed by atoms with Crippen LogP contribution in [0.1, 0.15) is 41.6 Å². The van der Waals surface area contributed by atoms with Crippen molar-refractivity contribution >= 4 is 5.91 Å². The summed E-state index contributed by atoms with van der Waals surface area (Å²) in [6.07, 6.45) is 2.53. The summed E-state index contributed by atoms with van der Waals surface area (Å²) in [5.74, 6) is -0.292. The molecule has 1 aliphatic carbocycles. The molecule has 1 amide bonds. The number of benzene rings is 2. The fourth-order valence-corrected chi connectivity index (χ4v) is 3.33. The number of hydrogen-bond acceptors (Lipinski definition) is 3. The van der Waals surface area contributed by atoms with Gasteiger partial charge in [-0.15, -0.1) is 0 Å². The molecule has 25 heavy (non-hydrogen) atoms. The minimum absolute atomic E-state index is 0.0675. The Bertz CT molecular complexity index is 737. The zero-order valence-electron chi connectivity index (χ0n) is 13.6. The maximum absolute atomic E-state index is 12.4. The average Bonchev–Trinajstić information content (AvgIpc) is 2.59. The lowest BCUT2D eigenvalue weighted by molar-refractivity contribution is -0.120. The molecule has 4 nitrogen and oxygen atoms in total. The van der Waals surface area contributed by atoms with Gasteiger partial charge in [-0.25, -0.2) is 0 Å². The van der Waals surface area contributed by atoms with Gasteiger partial charge in [-0.1, -0.05) is 36.4 Å². The van der Waals surface area contributed by atoms with Gasteiger partial charge < -0.3 is 10.5 Å². The van der Waals surface area contributed by atoms with E-state index in [-0.39, 0.29) is 11.8 Å². The van der Waals surface area contributed by atoms with Gasteiger partial charge in [-0.2, -0.15) is 8.78 Å². The van der Waals surface area contributed by atoms with E-state index in [4.69, 9.17) is 5.73 Å². The Morgan fingerprint density at radius 2 is 1.96 bits per heavy atom. The molecule has 0 bridgehead atoms. The van der Waals surface area contributed by atoms with E-state index in [0.717, 1.165) is 36.0 Å². The number of ether oxygens (including phenoxy) is 1. The fraction of sp³-hybridized carbons (Fsp3) is 0.316. The van der Waals surface area contributed by atoms with Gasteiger partial charge >= 0.3 is 6.61 Å². The van der Waals surface area contributed by atoms with Gasteiger partial charge in [0.15, 0.2) is 0 Å². The van der Waals surface area contributed by atoms with Crippen molar-refractivity contribution in [2.45, 2.75) is 38.0 Å². The number of nitrogens with one attached hydrogen (secondary N) is 1. The molecule has 0 radical (unpaired) electrons. The summed E-state index contributed by atoms with van der Waals surface area (Å²) in [6.45, 7) is -2.84. The smallest absolute Gasteiger partial charge is 0.387 e. The third kappa shape index (κ3) is 4.14. The highest BCUT2D eigenvalue weighted by atomic mass is 19.3. The summed E-state index contributed by atoms with van der Waals surface area (Å²) in [6, 6.07) is 13.6. The second-order valence-electron chi connectivity index (χ2n) is 6.10. The van der Waals surface area contributed by atoms with E-state index in [1.165, 1.54) is 6.07 Å². The van der Waals surface area contributed by atoms with Crippen LogP contribution in [-0.4, -0.2) is 12.5 Å². The molecule has 1 aliphatic rings. The van der Waals surface area contributed by atoms with Crippen LogP contribution in [0.3, 0.4) is 0 Å². The first-order valence-corrected chi connectivity index (χ1v) is 8.22. The van der Waals surface area contributed by atoms with E-state index >= 15 is 0 Å². The largest absolute Gasteiger partial charge is 0.435 e. The van der Waals surface area contributed by atoms with Gasteiger partial charge in [-0.05, 0) is 48.1 Å². The molecule has 3 rings (SSSR count). The van der Waals surface area contributed by atoms with Gasteiger partial charge in [0, 0.05) is 6.04 Å². The van der Waals surface area contributed by atoms with E-state index in [0.29, 0.717) is 0 Å². The van der Waals surface area contributed by atoms with Crippen LogP contribution in [0.5, 0.6) is 5.75 Å². The van der Waals surface area contributed by atoms with Crippen molar-refractivity contribution in [2.24, 2.45) is 5.73 Å². The number of alkyl halides is 2. The van der Waals surface area contributed by atoms with E-state index in [9.17, 15) is 13.6 Å². The van der Waals surface area contributed by atoms with Gasteiger partial charge in [0.25, 0.3) is 0 Å². The molecule has 6 heteroatoms. The van der Waals surface area contributed by atoms with Crippen LogP contribution in [0.4, 0.5) is 8.78 Å². The first-order chi connectivity index (χ1) is 12.0. The maximum Gasteiger partial charge on any atom is 0.387 e. The third-order valence-corrected chi connectivity index (χ3v) is 4.44. The van der Waals surface area contributed by atoms with Crippen molar-refractivity contribution in [2.75, 3.05) is 0 Å². The van der Waals surface area contributed by atoms with Crippen LogP contribution in [0.2, 0.25) is 0 Å². The number of halogens is 2. The van der Waals surface area contributed by atoms with Crippen LogP contribution >= 0.6 is 0 Å². The number of carbonyl (C=O) groups is 1. The second kappa shape index (κ2) is 7.61. The zero-order chi connectivity index (χ0) is 17.8. The lowest BCUT2D eigenvalue weighted by Crippen LogP contribution is -2.37. The highest BCUT2D eigenvalue weighted by molar-refractivity contribution is 5.81. The quantitative estimate of drug-likeness (QED) is 0.842. The average molecular weight is 346 g/mol. The molecule has 0 fully saturated rings. The van der Waals surface area contributed by atoms with E-state index in [1.54, 1.807) is 12.1 Å². The molecule has 2 atom stereocenters. The van der Waals surface area contributed by atoms with E-state index < -0.39 is 18.6 Å². The Morgan fingerprint density at radius 1 is 1.20 bits per heavy atom. The third-order valence-electron chi connectivity index (χ3n) is 4.44. The molecule has 2 aromatic rings. The topological polar surface area (TPSA) is 64.4 Å². The van der Waals surface area contributed by atoms with Crippen molar-refractivity contribution in [3.8, 4) is 5.75 Å². The molecular weight excluding hydrogens is 326 g/mol. The molecule has 3 N–H and O–H groups in total. The number of fused-ring (bicyclic) bond motifs is 1. The minimum Gasteiger partial charge on any atom is -0.435 e. The Hall–Kier alpha value is -2.47. The molecule has 132 valence electrons. The number of amides is 1. The summed E-state index contributed by atoms with van der Waals surface area (Å²) in [7, 11) is 0. The number of carbonyl (C=O) groups excluding carboxylic acids is 1. The zero-order valence-corrected chi connectivity index (χ0v) is 13.6. The summed E-state index contributed by atoms with van der Waals surface area (Å²) in [5, 5.41) is 3.32. The van der Waals surface area contributed by atoms with Crippen LogP contribution in [-0.2, 0) is 11.2 Å². The monoisotopic (exact) mass is 346 g/mol. The molecule has 0 aromatic heterocycles. The highest BCUT2D eigenvalue weighted by Crippen LogP contribution is 2.34. The Kier molecular flexibility index (Phi) is 5.28. The Morgan fingerprint density at radius 3 is 2.64 bits per heavy atom. The number of hydrogen-bond donors (Lipinski definition) is 2. The van der Waals surface area contributed by atoms with Crippen LogP contribution in [0.15, 0.2) is 48.5 Å². The lowest BCUT2D eigenvalue weighted by atomic mass is 9.86. The minimum atomic E-state index is -2.84. The van der Waals surface area contributed by atoms with Crippen molar-refractivity contribution in [1.29, 1.82) is 0 Å². The summed E-state index contributed by atoms with van der Waals surface area (Å²) >= 11 is 0. The van der Waals surface area contributed by atoms with Crippen molar-refractivity contribution in [3.63, 3.8) is 0 Å². The molecule has 0 heterocycles. The van der Waals surface area contributed by atoms with Crippen LogP contribution in [0, 0.1) is 0 Å². The number of primary amides is 1. The molecule has 0 saturated heterocycles. The van der Waals surface area contributed by atoms with Gasteiger partial charge in [0.05, 0.1) is 0 Å². The number of nitrogens with two attached hydrogens (primary N) is 1. The molecule has 0 unspecified atom stereocenters. The predicted octanol–water partition coefficient (Wildman–Crippen LogP) is 3.48. The Balaban J connectivity index is 1.83. The normalized spacial score (nSPS) is 17.8. The lowest BCUT2D eigenvalue weighted by Gasteiger charge is -2.30. The molecule has 0 aliphatic heterocycles. The number of aryl methyl sites for hydroxylation is 1. The van der Waals surface area contributed by atoms with Crippen molar-refractivity contribution < 1.29 is 18.3 Å². The van der Waals surface area contributed by atoms with Crippen LogP contribution in [0.25, 0.3) is 0 Å².